The van der Waals surface area contributed by atoms with Crippen molar-refractivity contribution >= 4 is 27.4 Å². The lowest BCUT2D eigenvalue weighted by Gasteiger charge is -2.33. The summed E-state index contributed by atoms with van der Waals surface area (Å²) in [6.07, 6.45) is 1.77. The van der Waals surface area contributed by atoms with Crippen molar-refractivity contribution in [3.05, 3.63) is 22.9 Å². The van der Waals surface area contributed by atoms with Gasteiger partial charge in [0.2, 0.25) is 0 Å². The Morgan fingerprint density at radius 3 is 2.71 bits per heavy atom. The van der Waals surface area contributed by atoms with E-state index in [-0.39, 0.29) is 0 Å². The van der Waals surface area contributed by atoms with E-state index in [0.717, 1.165) is 42.2 Å². The smallest absolute Gasteiger partial charge is 0.154 e. The van der Waals surface area contributed by atoms with Crippen LogP contribution in [-0.4, -0.2) is 52.7 Å². The van der Waals surface area contributed by atoms with Crippen LogP contribution in [0.1, 0.15) is 0 Å². The average Bonchev–Trinajstić information content (AvgIpc) is 2.72. The lowest BCUT2D eigenvalue weighted by Crippen LogP contribution is -2.44. The average molecular weight is 296 g/mol. The van der Waals surface area contributed by atoms with Crippen LogP contribution < -0.4 is 4.90 Å². The standard InChI is InChI=1S/C11H14BrN5/c1-15-4-6-16(7-5-15)11-3-2-10-13-8-9(12)17(10)14-11/h2-3,8H,4-7H2,1H3. The number of nitrogens with zero attached hydrogens (tertiary/aromatic N) is 5. The van der Waals surface area contributed by atoms with Crippen molar-refractivity contribution in [2.45, 2.75) is 0 Å². The van der Waals surface area contributed by atoms with Crippen molar-refractivity contribution in [1.82, 2.24) is 19.5 Å². The van der Waals surface area contributed by atoms with Gasteiger partial charge in [-0.15, -0.1) is 5.10 Å². The van der Waals surface area contributed by atoms with Gasteiger partial charge in [0.15, 0.2) is 5.65 Å². The maximum Gasteiger partial charge on any atom is 0.154 e. The van der Waals surface area contributed by atoms with E-state index in [1.165, 1.54) is 0 Å². The van der Waals surface area contributed by atoms with Gasteiger partial charge >= 0.3 is 0 Å². The first kappa shape index (κ1) is 11.0. The van der Waals surface area contributed by atoms with Crippen molar-refractivity contribution in [2.24, 2.45) is 0 Å². The van der Waals surface area contributed by atoms with Crippen LogP contribution in [0.2, 0.25) is 0 Å². The predicted octanol–water partition coefficient (Wildman–Crippen LogP) is 1.24. The van der Waals surface area contributed by atoms with Crippen LogP contribution in [0.25, 0.3) is 5.65 Å². The molecule has 0 atom stereocenters. The van der Waals surface area contributed by atoms with Crippen LogP contribution in [-0.2, 0) is 0 Å². The van der Waals surface area contributed by atoms with Gasteiger partial charge in [0.05, 0.1) is 6.20 Å². The zero-order valence-electron chi connectivity index (χ0n) is 9.67. The van der Waals surface area contributed by atoms with Gasteiger partial charge in [0.25, 0.3) is 0 Å². The number of rotatable bonds is 1. The molecule has 0 saturated carbocycles. The molecule has 0 aromatic carbocycles. The minimum atomic E-state index is 0.870. The molecule has 0 aliphatic carbocycles. The zero-order chi connectivity index (χ0) is 11.8. The first-order valence-corrected chi connectivity index (χ1v) is 6.47. The van der Waals surface area contributed by atoms with E-state index in [1.807, 2.05) is 16.6 Å². The summed E-state index contributed by atoms with van der Waals surface area (Å²) < 4.78 is 2.72. The normalized spacial score (nSPS) is 17.9. The Balaban J connectivity index is 1.92. The summed E-state index contributed by atoms with van der Waals surface area (Å²) in [6.45, 7) is 4.23. The molecule has 0 radical (unpaired) electrons. The van der Waals surface area contributed by atoms with Crippen molar-refractivity contribution in [1.29, 1.82) is 0 Å². The summed E-state index contributed by atoms with van der Waals surface area (Å²) in [5.74, 6) is 1.02. The van der Waals surface area contributed by atoms with E-state index in [0.29, 0.717) is 0 Å². The monoisotopic (exact) mass is 295 g/mol. The van der Waals surface area contributed by atoms with E-state index in [2.05, 4.69) is 42.9 Å². The molecule has 0 unspecified atom stereocenters. The second-order valence-electron chi connectivity index (χ2n) is 4.33. The fraction of sp³-hybridized carbons (Fsp3) is 0.455. The predicted molar refractivity (Wildman–Crippen MR) is 70.4 cm³/mol. The lowest BCUT2D eigenvalue weighted by atomic mass is 10.3. The van der Waals surface area contributed by atoms with Gasteiger partial charge < -0.3 is 9.80 Å². The Labute approximate surface area is 108 Å². The SMILES string of the molecule is CN1CCN(c2ccc3ncc(Br)n3n2)CC1. The number of aromatic nitrogens is 3. The first-order chi connectivity index (χ1) is 8.24. The number of anilines is 1. The molecule has 2 aromatic heterocycles. The third kappa shape index (κ3) is 2.02. The number of hydrogen-bond donors (Lipinski definition) is 0. The quantitative estimate of drug-likeness (QED) is 0.793. The van der Waals surface area contributed by atoms with Crippen LogP contribution >= 0.6 is 15.9 Å². The summed E-state index contributed by atoms with van der Waals surface area (Å²) in [6, 6.07) is 4.05. The van der Waals surface area contributed by atoms with Crippen LogP contribution in [0.4, 0.5) is 5.82 Å². The summed E-state index contributed by atoms with van der Waals surface area (Å²) >= 11 is 3.45. The van der Waals surface area contributed by atoms with E-state index >= 15 is 0 Å². The van der Waals surface area contributed by atoms with Gasteiger partial charge in [-0.05, 0) is 35.1 Å². The minimum Gasteiger partial charge on any atom is -0.353 e. The maximum absolute atomic E-state index is 4.60. The highest BCUT2D eigenvalue weighted by Crippen LogP contribution is 2.17. The molecule has 3 heterocycles. The molecule has 0 bridgehead atoms. The van der Waals surface area contributed by atoms with Crippen molar-refractivity contribution in [2.75, 3.05) is 38.1 Å². The number of likely N-dealkylation sites (N-methyl/N-ethyl adjacent to an activating group) is 1. The molecule has 1 saturated heterocycles. The molecule has 0 spiro atoms. The van der Waals surface area contributed by atoms with E-state index in [1.54, 1.807) is 6.20 Å². The molecule has 1 aliphatic heterocycles. The molecule has 0 N–H and O–H groups in total. The minimum absolute atomic E-state index is 0.870. The van der Waals surface area contributed by atoms with Gasteiger partial charge in [-0.2, -0.15) is 0 Å². The number of piperazine rings is 1. The second-order valence-corrected chi connectivity index (χ2v) is 5.15. The van der Waals surface area contributed by atoms with Gasteiger partial charge in [-0.1, -0.05) is 0 Å². The number of imidazole rings is 1. The lowest BCUT2D eigenvalue weighted by molar-refractivity contribution is 0.311. The van der Waals surface area contributed by atoms with Crippen molar-refractivity contribution < 1.29 is 0 Å². The number of halogens is 1. The summed E-state index contributed by atoms with van der Waals surface area (Å²) in [4.78, 5) is 8.89. The fourth-order valence-corrected chi connectivity index (χ4v) is 2.40. The molecular weight excluding hydrogens is 282 g/mol. The Hall–Kier alpha value is -1.14. The van der Waals surface area contributed by atoms with E-state index in [9.17, 15) is 0 Å². The Kier molecular flexibility index (Phi) is 2.76. The van der Waals surface area contributed by atoms with Gasteiger partial charge in [-0.25, -0.2) is 9.50 Å². The largest absolute Gasteiger partial charge is 0.353 e. The van der Waals surface area contributed by atoms with Crippen molar-refractivity contribution in [3.8, 4) is 0 Å². The van der Waals surface area contributed by atoms with Crippen LogP contribution in [0, 0.1) is 0 Å². The zero-order valence-corrected chi connectivity index (χ0v) is 11.3. The van der Waals surface area contributed by atoms with Gasteiger partial charge in [0, 0.05) is 26.2 Å². The summed E-state index contributed by atoms with van der Waals surface area (Å²) in [5, 5.41) is 4.60. The number of fused-ring (bicyclic) bond motifs is 1. The fourth-order valence-electron chi connectivity index (χ4n) is 2.04. The van der Waals surface area contributed by atoms with Gasteiger partial charge in [-0.3, -0.25) is 0 Å². The summed E-state index contributed by atoms with van der Waals surface area (Å²) in [5.41, 5.74) is 0.870. The van der Waals surface area contributed by atoms with E-state index < -0.39 is 0 Å². The Morgan fingerprint density at radius 1 is 1.18 bits per heavy atom. The third-order valence-electron chi connectivity index (χ3n) is 3.13. The molecule has 0 amide bonds. The molecular formula is C11H14BrN5. The summed E-state index contributed by atoms with van der Waals surface area (Å²) in [7, 11) is 2.15. The highest BCUT2D eigenvalue weighted by atomic mass is 79.9. The molecule has 1 fully saturated rings. The highest BCUT2D eigenvalue weighted by molar-refractivity contribution is 9.10. The van der Waals surface area contributed by atoms with E-state index in [4.69, 9.17) is 0 Å². The molecule has 3 rings (SSSR count). The topological polar surface area (TPSA) is 36.7 Å². The van der Waals surface area contributed by atoms with Gasteiger partial charge in [0.1, 0.15) is 10.4 Å². The highest BCUT2D eigenvalue weighted by Gasteiger charge is 2.16. The van der Waals surface area contributed by atoms with Crippen LogP contribution in [0.3, 0.4) is 0 Å². The molecule has 90 valence electrons. The van der Waals surface area contributed by atoms with Crippen molar-refractivity contribution in [3.63, 3.8) is 0 Å². The third-order valence-corrected chi connectivity index (χ3v) is 3.67. The molecule has 17 heavy (non-hydrogen) atoms. The Morgan fingerprint density at radius 2 is 1.94 bits per heavy atom. The maximum atomic E-state index is 4.60. The molecule has 2 aromatic rings. The molecule has 5 nitrogen and oxygen atoms in total. The number of hydrogen-bond acceptors (Lipinski definition) is 4. The van der Waals surface area contributed by atoms with Crippen LogP contribution in [0.5, 0.6) is 0 Å². The first-order valence-electron chi connectivity index (χ1n) is 5.68. The molecule has 6 heteroatoms. The second kappa shape index (κ2) is 4.27. The van der Waals surface area contributed by atoms with Crippen LogP contribution in [0.15, 0.2) is 22.9 Å². The molecule has 1 aliphatic rings. The Bertz CT molecular complexity index is 530.